The van der Waals surface area contributed by atoms with Crippen LogP contribution < -0.4 is 10.6 Å². The lowest BCUT2D eigenvalue weighted by Crippen LogP contribution is -2.27. The first kappa shape index (κ1) is 29.7. The van der Waals surface area contributed by atoms with Crippen LogP contribution in [0.5, 0.6) is 11.5 Å². The molecule has 0 aliphatic heterocycles. The quantitative estimate of drug-likeness (QED) is 0.127. The highest BCUT2D eigenvalue weighted by atomic mass is 16.3. The van der Waals surface area contributed by atoms with Gasteiger partial charge < -0.3 is 30.0 Å². The van der Waals surface area contributed by atoms with Gasteiger partial charge in [-0.3, -0.25) is 19.6 Å². The van der Waals surface area contributed by atoms with Crippen LogP contribution in [0.15, 0.2) is 83.3 Å². The number of aromatic hydroxyl groups is 2. The number of hydrogen-bond acceptors (Lipinski definition) is 8. The standard InChI is InChI=1S/C30H34N8O4/c39-25-7-3-1-5-23(25)21-31-11-13-33-27(41)9-17-37-19-15-35-29(37)30-36-16-20-38(30)18-10-28(42)34-14-12-32-22-24-6-2-4-8-26(24)40/h1-8,15-16,19-22,39-40H,9-14,17-18H2,(H,33,41)(H,34,42). The molecule has 4 rings (SSSR count). The second-order valence-electron chi connectivity index (χ2n) is 9.28. The lowest BCUT2D eigenvalue weighted by atomic mass is 10.2. The van der Waals surface area contributed by atoms with Crippen molar-refractivity contribution in [2.45, 2.75) is 25.9 Å². The average Bonchev–Trinajstić information content (AvgIpc) is 3.65. The van der Waals surface area contributed by atoms with Gasteiger partial charge in [-0.1, -0.05) is 24.3 Å². The van der Waals surface area contributed by atoms with Crippen LogP contribution in [0.4, 0.5) is 0 Å². The van der Waals surface area contributed by atoms with Gasteiger partial charge in [-0.05, 0) is 24.3 Å². The van der Waals surface area contributed by atoms with Crippen molar-refractivity contribution in [3.05, 3.63) is 84.4 Å². The number of aryl methyl sites for hydroxylation is 2. The Morgan fingerprint density at radius 2 is 1.14 bits per heavy atom. The Balaban J connectivity index is 1.18. The third-order valence-corrected chi connectivity index (χ3v) is 6.25. The topological polar surface area (TPSA) is 159 Å². The fraction of sp³-hybridized carbons (Fsp3) is 0.267. The van der Waals surface area contributed by atoms with Crippen LogP contribution in [-0.4, -0.2) is 79.7 Å². The number of phenolic OH excluding ortho intramolecular Hbond substituents is 2. The highest BCUT2D eigenvalue weighted by Gasteiger charge is 2.14. The molecule has 42 heavy (non-hydrogen) atoms. The molecule has 2 heterocycles. The third-order valence-electron chi connectivity index (χ3n) is 6.25. The van der Waals surface area contributed by atoms with Crippen LogP contribution in [0.25, 0.3) is 11.6 Å². The van der Waals surface area contributed by atoms with Crippen molar-refractivity contribution in [2.75, 3.05) is 26.2 Å². The zero-order valence-electron chi connectivity index (χ0n) is 23.1. The molecular weight excluding hydrogens is 536 g/mol. The minimum atomic E-state index is -0.114. The predicted octanol–water partition coefficient (Wildman–Crippen LogP) is 2.41. The number of carbonyl (C=O) groups is 2. The first-order valence-corrected chi connectivity index (χ1v) is 13.6. The molecule has 0 radical (unpaired) electrons. The van der Waals surface area contributed by atoms with E-state index in [0.29, 0.717) is 62.0 Å². The average molecular weight is 571 g/mol. The fourth-order valence-corrected chi connectivity index (χ4v) is 4.05. The molecule has 0 spiro atoms. The Hall–Kier alpha value is -5.26. The van der Waals surface area contributed by atoms with E-state index in [2.05, 4.69) is 30.6 Å². The van der Waals surface area contributed by atoms with Crippen molar-refractivity contribution in [2.24, 2.45) is 9.98 Å². The molecule has 2 aromatic heterocycles. The first-order chi connectivity index (χ1) is 20.5. The van der Waals surface area contributed by atoms with Gasteiger partial charge in [-0.25, -0.2) is 9.97 Å². The van der Waals surface area contributed by atoms with Gasteiger partial charge in [0, 0.05) is 87.4 Å². The van der Waals surface area contributed by atoms with E-state index in [4.69, 9.17) is 0 Å². The Labute approximate surface area is 243 Å². The van der Waals surface area contributed by atoms with E-state index in [1.54, 1.807) is 73.6 Å². The number of rotatable bonds is 15. The number of aromatic nitrogens is 4. The molecule has 0 saturated carbocycles. The smallest absolute Gasteiger partial charge is 0.221 e. The van der Waals surface area contributed by atoms with Crippen molar-refractivity contribution in [1.29, 1.82) is 0 Å². The van der Waals surface area contributed by atoms with Gasteiger partial charge in [-0.2, -0.15) is 0 Å². The maximum Gasteiger partial charge on any atom is 0.221 e. The Morgan fingerprint density at radius 3 is 1.57 bits per heavy atom. The maximum absolute atomic E-state index is 12.4. The summed E-state index contributed by atoms with van der Waals surface area (Å²) in [6, 6.07) is 13.8. The van der Waals surface area contributed by atoms with Gasteiger partial charge in [0.1, 0.15) is 11.5 Å². The van der Waals surface area contributed by atoms with Gasteiger partial charge >= 0.3 is 0 Å². The summed E-state index contributed by atoms with van der Waals surface area (Å²) in [5.41, 5.74) is 1.25. The minimum absolute atomic E-state index is 0.114. The molecule has 2 amide bonds. The van der Waals surface area contributed by atoms with Gasteiger partial charge in [0.15, 0.2) is 11.6 Å². The largest absolute Gasteiger partial charge is 0.507 e. The second kappa shape index (κ2) is 15.5. The van der Waals surface area contributed by atoms with Crippen molar-refractivity contribution in [3.8, 4) is 23.1 Å². The van der Waals surface area contributed by atoms with Crippen molar-refractivity contribution in [1.82, 2.24) is 29.7 Å². The zero-order chi connectivity index (χ0) is 29.6. The normalized spacial score (nSPS) is 11.3. The van der Waals surface area contributed by atoms with Crippen LogP contribution >= 0.6 is 0 Å². The predicted molar refractivity (Wildman–Crippen MR) is 160 cm³/mol. The summed E-state index contributed by atoms with van der Waals surface area (Å²) in [5, 5.41) is 25.2. The maximum atomic E-state index is 12.4. The van der Waals surface area contributed by atoms with E-state index in [1.165, 1.54) is 0 Å². The van der Waals surface area contributed by atoms with E-state index in [1.807, 2.05) is 21.3 Å². The Bertz CT molecular complexity index is 1410. The summed E-state index contributed by atoms with van der Waals surface area (Å²) >= 11 is 0. The second-order valence-corrected chi connectivity index (χ2v) is 9.28. The third kappa shape index (κ3) is 8.88. The summed E-state index contributed by atoms with van der Waals surface area (Å²) in [6.07, 6.45) is 10.6. The Morgan fingerprint density at radius 1 is 0.714 bits per heavy atom. The molecule has 0 saturated heterocycles. The lowest BCUT2D eigenvalue weighted by molar-refractivity contribution is -0.122. The molecule has 12 heteroatoms. The van der Waals surface area contributed by atoms with Gasteiger partial charge in [0.2, 0.25) is 11.8 Å². The van der Waals surface area contributed by atoms with Crippen LogP contribution in [0.2, 0.25) is 0 Å². The molecule has 2 aromatic carbocycles. The molecule has 0 fully saturated rings. The highest BCUT2D eigenvalue weighted by molar-refractivity contribution is 5.83. The number of hydrogen-bond donors (Lipinski definition) is 4. The summed E-state index contributed by atoms with van der Waals surface area (Å²) in [5.74, 6) is 1.32. The SMILES string of the molecule is O=C(CCn1ccnc1-c1nccn1CCC(=O)NCCN=Cc1ccccc1O)NCCN=Cc1ccccc1O. The van der Waals surface area contributed by atoms with Crippen LogP contribution in [0.3, 0.4) is 0 Å². The van der Waals surface area contributed by atoms with E-state index in [9.17, 15) is 19.8 Å². The van der Waals surface area contributed by atoms with E-state index >= 15 is 0 Å². The molecule has 218 valence electrons. The number of imidazole rings is 2. The minimum Gasteiger partial charge on any atom is -0.507 e. The number of amides is 2. The first-order valence-electron chi connectivity index (χ1n) is 13.6. The van der Waals surface area contributed by atoms with Crippen molar-refractivity contribution >= 4 is 24.2 Å². The molecule has 0 aliphatic rings. The molecule has 0 bridgehead atoms. The number of nitrogens with one attached hydrogen (secondary N) is 2. The van der Waals surface area contributed by atoms with E-state index < -0.39 is 0 Å². The molecular formula is C30H34N8O4. The molecule has 0 atom stereocenters. The molecule has 0 aliphatic carbocycles. The summed E-state index contributed by atoms with van der Waals surface area (Å²) < 4.78 is 3.72. The number of nitrogens with zero attached hydrogens (tertiary/aromatic N) is 6. The van der Waals surface area contributed by atoms with Gasteiger partial charge in [0.25, 0.3) is 0 Å². The molecule has 0 unspecified atom stereocenters. The number of benzene rings is 2. The lowest BCUT2D eigenvalue weighted by Gasteiger charge is -2.10. The summed E-state index contributed by atoms with van der Waals surface area (Å²) in [7, 11) is 0. The summed E-state index contributed by atoms with van der Waals surface area (Å²) in [6.45, 7) is 2.39. The van der Waals surface area contributed by atoms with Crippen LogP contribution in [-0.2, 0) is 22.7 Å². The fourth-order valence-electron chi connectivity index (χ4n) is 4.05. The highest BCUT2D eigenvalue weighted by Crippen LogP contribution is 2.17. The number of phenols is 2. The number of carbonyl (C=O) groups excluding carboxylic acids is 2. The number of aliphatic imine (C=N–C) groups is 2. The monoisotopic (exact) mass is 570 g/mol. The van der Waals surface area contributed by atoms with Crippen LogP contribution in [0.1, 0.15) is 24.0 Å². The molecule has 4 aromatic rings. The zero-order valence-corrected chi connectivity index (χ0v) is 23.1. The molecule has 4 N–H and O–H groups in total. The molecule has 12 nitrogen and oxygen atoms in total. The van der Waals surface area contributed by atoms with Crippen molar-refractivity contribution < 1.29 is 19.8 Å². The van der Waals surface area contributed by atoms with Crippen LogP contribution in [0, 0.1) is 0 Å². The van der Waals surface area contributed by atoms with E-state index in [0.717, 1.165) is 0 Å². The summed E-state index contributed by atoms with van der Waals surface area (Å²) in [4.78, 5) is 42.0. The van der Waals surface area contributed by atoms with Gasteiger partial charge in [0.05, 0.1) is 13.1 Å². The number of para-hydroxylation sites is 2. The Kier molecular flexibility index (Phi) is 11.0. The van der Waals surface area contributed by atoms with E-state index in [-0.39, 0.29) is 36.2 Å². The van der Waals surface area contributed by atoms with Crippen molar-refractivity contribution in [3.63, 3.8) is 0 Å². The van der Waals surface area contributed by atoms with Gasteiger partial charge in [-0.15, -0.1) is 0 Å².